The number of aliphatic imine (C=N–C) groups is 1. The second kappa shape index (κ2) is 11.1. The van der Waals surface area contributed by atoms with Crippen molar-refractivity contribution in [1.29, 1.82) is 0 Å². The fourth-order valence-electron chi connectivity index (χ4n) is 4.34. The van der Waals surface area contributed by atoms with Crippen molar-refractivity contribution in [1.82, 2.24) is 14.7 Å². The van der Waals surface area contributed by atoms with Gasteiger partial charge in [0.05, 0.1) is 61.1 Å². The summed E-state index contributed by atoms with van der Waals surface area (Å²) in [5, 5.41) is 14.1. The van der Waals surface area contributed by atoms with E-state index < -0.39 is 4.92 Å². The minimum atomic E-state index is -0.473. The molecule has 36 heavy (non-hydrogen) atoms. The van der Waals surface area contributed by atoms with Crippen LogP contribution in [-0.4, -0.2) is 71.0 Å². The van der Waals surface area contributed by atoms with Crippen molar-refractivity contribution in [3.8, 4) is 16.9 Å². The molecule has 0 unspecified atom stereocenters. The standard InChI is InChI=1S/C26H30N6O4/c1-19(2)25(33)30-16-14-29(15-17-30)13-12-27-18-23-24(20-6-4-3-5-7-20)28-31(26(23)34)21-8-10-22(11-9-21)32(35)36/h3-11,18-19,28H,12-17H2,1-2H3/p+1. The van der Waals surface area contributed by atoms with E-state index >= 15 is 0 Å². The first kappa shape index (κ1) is 25.1. The monoisotopic (exact) mass is 491 g/mol. The predicted molar refractivity (Wildman–Crippen MR) is 138 cm³/mol. The SMILES string of the molecule is CC(C)C(=O)N1CC[NH+](CCN=Cc2c(-c3ccccc3)[nH]n(-c3ccc([N+](=O)[O-])cc3)c2=O)CC1. The summed E-state index contributed by atoms with van der Waals surface area (Å²) in [5.41, 5.74) is 2.09. The van der Waals surface area contributed by atoms with E-state index in [9.17, 15) is 19.7 Å². The van der Waals surface area contributed by atoms with E-state index in [-0.39, 0.29) is 23.1 Å². The summed E-state index contributed by atoms with van der Waals surface area (Å²) >= 11 is 0. The van der Waals surface area contributed by atoms with Crippen molar-refractivity contribution < 1.29 is 14.6 Å². The predicted octanol–water partition coefficient (Wildman–Crippen LogP) is 1.54. The molecule has 2 aromatic carbocycles. The number of nitro benzene ring substituents is 1. The lowest BCUT2D eigenvalue weighted by atomic mass is 10.1. The first-order valence-corrected chi connectivity index (χ1v) is 12.1. The van der Waals surface area contributed by atoms with Crippen LogP contribution >= 0.6 is 0 Å². The van der Waals surface area contributed by atoms with Gasteiger partial charge in [-0.25, -0.2) is 4.68 Å². The molecule has 10 heteroatoms. The van der Waals surface area contributed by atoms with Crippen molar-refractivity contribution in [2.45, 2.75) is 13.8 Å². The molecule has 1 saturated heterocycles. The van der Waals surface area contributed by atoms with Crippen molar-refractivity contribution in [2.75, 3.05) is 39.3 Å². The number of piperazine rings is 1. The molecule has 188 valence electrons. The lowest BCUT2D eigenvalue weighted by Crippen LogP contribution is -3.15. The first-order valence-electron chi connectivity index (χ1n) is 12.1. The van der Waals surface area contributed by atoms with Gasteiger partial charge in [-0.3, -0.25) is 29.8 Å². The molecular formula is C26H31N6O4+. The van der Waals surface area contributed by atoms with Crippen LogP contribution < -0.4 is 10.5 Å². The number of aromatic nitrogens is 2. The Hall–Kier alpha value is -4.05. The molecule has 0 aliphatic carbocycles. The maximum absolute atomic E-state index is 13.3. The summed E-state index contributed by atoms with van der Waals surface area (Å²) in [6.07, 6.45) is 1.61. The quantitative estimate of drug-likeness (QED) is 0.282. The van der Waals surface area contributed by atoms with Gasteiger partial charge in [0.25, 0.3) is 11.2 Å². The lowest BCUT2D eigenvalue weighted by Gasteiger charge is -2.32. The van der Waals surface area contributed by atoms with E-state index in [1.807, 2.05) is 49.1 Å². The van der Waals surface area contributed by atoms with Gasteiger partial charge in [-0.05, 0) is 12.1 Å². The molecule has 0 saturated carbocycles. The van der Waals surface area contributed by atoms with Gasteiger partial charge in [0.2, 0.25) is 5.91 Å². The lowest BCUT2D eigenvalue weighted by molar-refractivity contribution is -0.902. The second-order valence-corrected chi connectivity index (χ2v) is 9.20. The fourth-order valence-corrected chi connectivity index (χ4v) is 4.34. The Morgan fingerprint density at radius 3 is 2.42 bits per heavy atom. The van der Waals surface area contributed by atoms with Crippen LogP contribution in [0.2, 0.25) is 0 Å². The van der Waals surface area contributed by atoms with Crippen molar-refractivity contribution in [3.63, 3.8) is 0 Å². The highest BCUT2D eigenvalue weighted by atomic mass is 16.6. The Morgan fingerprint density at radius 2 is 1.81 bits per heavy atom. The Kier molecular flexibility index (Phi) is 7.74. The highest BCUT2D eigenvalue weighted by molar-refractivity contribution is 5.88. The zero-order valence-electron chi connectivity index (χ0n) is 20.5. The van der Waals surface area contributed by atoms with Gasteiger partial charge in [0.1, 0.15) is 0 Å². The molecule has 1 aliphatic rings. The maximum atomic E-state index is 13.3. The number of nitrogens with one attached hydrogen (secondary N) is 2. The molecular weight excluding hydrogens is 460 g/mol. The Bertz CT molecular complexity index is 1290. The number of hydrogen-bond acceptors (Lipinski definition) is 5. The third kappa shape index (κ3) is 5.60. The Balaban J connectivity index is 1.49. The average molecular weight is 492 g/mol. The smallest absolute Gasteiger partial charge is 0.280 e. The van der Waals surface area contributed by atoms with Gasteiger partial charge in [0.15, 0.2) is 0 Å². The largest absolute Gasteiger partial charge is 0.331 e. The van der Waals surface area contributed by atoms with E-state index in [0.29, 0.717) is 23.5 Å². The number of quaternary nitrogens is 1. The summed E-state index contributed by atoms with van der Waals surface area (Å²) in [5.74, 6) is 0.226. The number of hydrogen-bond donors (Lipinski definition) is 2. The van der Waals surface area contributed by atoms with Gasteiger partial charge >= 0.3 is 0 Å². The number of non-ortho nitro benzene ring substituents is 1. The fraction of sp³-hybridized carbons (Fsp3) is 0.346. The highest BCUT2D eigenvalue weighted by Gasteiger charge is 2.24. The van der Waals surface area contributed by atoms with Crippen LogP contribution in [0.5, 0.6) is 0 Å². The van der Waals surface area contributed by atoms with Crippen LogP contribution in [0.4, 0.5) is 5.69 Å². The Morgan fingerprint density at radius 1 is 1.14 bits per heavy atom. The third-order valence-corrected chi connectivity index (χ3v) is 6.40. The molecule has 0 atom stereocenters. The first-order chi connectivity index (χ1) is 17.3. The molecule has 2 N–H and O–H groups in total. The minimum absolute atomic E-state index is 0.0198. The molecule has 1 amide bonds. The van der Waals surface area contributed by atoms with Crippen molar-refractivity contribution in [3.05, 3.63) is 80.6 Å². The summed E-state index contributed by atoms with van der Waals surface area (Å²) in [4.78, 5) is 43.9. The highest BCUT2D eigenvalue weighted by Crippen LogP contribution is 2.20. The Labute approximate surface area is 209 Å². The molecule has 4 rings (SSSR count). The molecule has 0 spiro atoms. The van der Waals surface area contributed by atoms with Crippen LogP contribution in [0.25, 0.3) is 16.9 Å². The summed E-state index contributed by atoms with van der Waals surface area (Å²) in [7, 11) is 0. The van der Waals surface area contributed by atoms with E-state index in [1.54, 1.807) is 18.3 Å². The number of carbonyl (C=O) groups is 1. The zero-order chi connectivity index (χ0) is 25.7. The molecule has 10 nitrogen and oxygen atoms in total. The number of nitrogens with zero attached hydrogens (tertiary/aromatic N) is 4. The summed E-state index contributed by atoms with van der Waals surface area (Å²) in [6, 6.07) is 15.3. The van der Waals surface area contributed by atoms with Crippen LogP contribution in [0.1, 0.15) is 19.4 Å². The minimum Gasteiger partial charge on any atom is -0.331 e. The number of aromatic amines is 1. The zero-order valence-corrected chi connectivity index (χ0v) is 20.5. The number of rotatable bonds is 8. The normalized spacial score (nSPS) is 14.6. The van der Waals surface area contributed by atoms with Gasteiger partial charge in [-0.1, -0.05) is 44.2 Å². The van der Waals surface area contributed by atoms with E-state index in [4.69, 9.17) is 0 Å². The average Bonchev–Trinajstić information content (AvgIpc) is 3.23. The van der Waals surface area contributed by atoms with E-state index in [1.165, 1.54) is 21.7 Å². The molecule has 0 radical (unpaired) electrons. The number of nitro groups is 1. The third-order valence-electron chi connectivity index (χ3n) is 6.40. The van der Waals surface area contributed by atoms with Crippen LogP contribution in [-0.2, 0) is 4.79 Å². The van der Waals surface area contributed by atoms with E-state index in [2.05, 4.69) is 10.1 Å². The maximum Gasteiger partial charge on any atom is 0.280 e. The van der Waals surface area contributed by atoms with Gasteiger partial charge < -0.3 is 9.80 Å². The second-order valence-electron chi connectivity index (χ2n) is 9.20. The van der Waals surface area contributed by atoms with Crippen LogP contribution in [0, 0.1) is 16.0 Å². The van der Waals surface area contributed by atoms with Gasteiger partial charge in [0, 0.05) is 29.8 Å². The van der Waals surface area contributed by atoms with Crippen molar-refractivity contribution >= 4 is 17.8 Å². The van der Waals surface area contributed by atoms with Gasteiger partial charge in [-0.2, -0.15) is 0 Å². The van der Waals surface area contributed by atoms with Crippen LogP contribution in [0.15, 0.2) is 64.4 Å². The van der Waals surface area contributed by atoms with Crippen molar-refractivity contribution in [2.24, 2.45) is 10.9 Å². The molecule has 1 fully saturated rings. The number of benzene rings is 2. The summed E-state index contributed by atoms with van der Waals surface area (Å²) < 4.78 is 1.38. The number of carbonyl (C=O) groups excluding carboxylic acids is 1. The van der Waals surface area contributed by atoms with Crippen LogP contribution in [0.3, 0.4) is 0 Å². The molecule has 1 aromatic heterocycles. The summed E-state index contributed by atoms with van der Waals surface area (Å²) in [6.45, 7) is 8.53. The molecule has 0 bridgehead atoms. The van der Waals surface area contributed by atoms with E-state index in [0.717, 1.165) is 38.3 Å². The number of amides is 1. The van der Waals surface area contributed by atoms with Gasteiger partial charge in [-0.15, -0.1) is 0 Å². The number of H-pyrrole nitrogens is 1. The molecule has 2 heterocycles. The molecule has 1 aliphatic heterocycles. The molecule has 3 aromatic rings. The topological polar surface area (TPSA) is 118 Å².